The van der Waals surface area contributed by atoms with E-state index < -0.39 is 11.9 Å². The second-order valence-electron chi connectivity index (χ2n) is 7.57. The number of amides is 1. The van der Waals surface area contributed by atoms with Crippen molar-refractivity contribution >= 4 is 57.9 Å². The van der Waals surface area contributed by atoms with E-state index in [0.717, 1.165) is 24.0 Å². The van der Waals surface area contributed by atoms with E-state index in [9.17, 15) is 14.7 Å². The molecule has 1 aliphatic heterocycles. The first-order chi connectivity index (χ1) is 14.3. The van der Waals surface area contributed by atoms with Crippen LogP contribution in [0.3, 0.4) is 0 Å². The van der Waals surface area contributed by atoms with E-state index in [1.807, 2.05) is 37.3 Å². The molecule has 2 aliphatic rings. The highest BCUT2D eigenvalue weighted by Gasteiger charge is 2.40. The van der Waals surface area contributed by atoms with Crippen LogP contribution < -0.4 is 0 Å². The molecule has 0 bridgehead atoms. The zero-order valence-corrected chi connectivity index (χ0v) is 18.6. The Hall–Kier alpha value is -2.09. The molecule has 30 heavy (non-hydrogen) atoms. The summed E-state index contributed by atoms with van der Waals surface area (Å²) in [4.78, 5) is 26.5. The van der Waals surface area contributed by atoms with Gasteiger partial charge in [-0.3, -0.25) is 14.5 Å². The maximum Gasteiger partial charge on any atom is 0.306 e. The van der Waals surface area contributed by atoms with Gasteiger partial charge in [0, 0.05) is 22.7 Å². The van der Waals surface area contributed by atoms with Crippen molar-refractivity contribution in [3.8, 4) is 11.3 Å². The van der Waals surface area contributed by atoms with Gasteiger partial charge in [0.15, 0.2) is 0 Å². The third-order valence-corrected chi connectivity index (χ3v) is 7.10. The Morgan fingerprint density at radius 3 is 2.87 bits per heavy atom. The van der Waals surface area contributed by atoms with Crippen LogP contribution in [-0.2, 0) is 9.59 Å². The molecule has 8 heteroatoms. The van der Waals surface area contributed by atoms with Crippen molar-refractivity contribution in [1.82, 2.24) is 4.90 Å². The minimum Gasteiger partial charge on any atom is -0.481 e. The number of hydrogen-bond acceptors (Lipinski definition) is 5. The summed E-state index contributed by atoms with van der Waals surface area (Å²) in [5, 5.41) is 10.0. The second-order valence-corrected chi connectivity index (χ2v) is 9.68. The molecule has 1 aliphatic carbocycles. The van der Waals surface area contributed by atoms with Crippen molar-refractivity contribution in [1.29, 1.82) is 0 Å². The highest BCUT2D eigenvalue weighted by Crippen LogP contribution is 2.39. The molecule has 0 spiro atoms. The average Bonchev–Trinajstić information content (AvgIpc) is 3.26. The van der Waals surface area contributed by atoms with Crippen molar-refractivity contribution in [2.24, 2.45) is 5.92 Å². The molecule has 156 valence electrons. The Morgan fingerprint density at radius 2 is 2.13 bits per heavy atom. The SMILES string of the molecule is Cc1cc(Cl)ccc1-c1ccc(C=C2SC(=S)N(C3CCCC(C(=O)O)C3)C2=O)o1. The van der Waals surface area contributed by atoms with Crippen LogP contribution in [0.4, 0.5) is 0 Å². The van der Waals surface area contributed by atoms with Crippen LogP contribution in [0.25, 0.3) is 17.4 Å². The molecule has 4 rings (SSSR count). The molecule has 2 unspecified atom stereocenters. The molecule has 2 aromatic rings. The van der Waals surface area contributed by atoms with E-state index >= 15 is 0 Å². The number of rotatable bonds is 4. The van der Waals surface area contributed by atoms with Gasteiger partial charge >= 0.3 is 5.97 Å². The zero-order chi connectivity index (χ0) is 21.4. The average molecular weight is 462 g/mol. The lowest BCUT2D eigenvalue weighted by Gasteiger charge is -2.32. The van der Waals surface area contributed by atoms with E-state index in [4.69, 9.17) is 28.2 Å². The fourth-order valence-corrected chi connectivity index (χ4v) is 5.63. The zero-order valence-electron chi connectivity index (χ0n) is 16.3. The molecule has 1 aromatic heterocycles. The third kappa shape index (κ3) is 4.19. The molecule has 1 aromatic carbocycles. The van der Waals surface area contributed by atoms with Crippen LogP contribution in [0.1, 0.15) is 37.0 Å². The van der Waals surface area contributed by atoms with Gasteiger partial charge in [0.2, 0.25) is 0 Å². The van der Waals surface area contributed by atoms with Gasteiger partial charge in [-0.05, 0) is 62.1 Å². The van der Waals surface area contributed by atoms with E-state index in [0.29, 0.717) is 38.6 Å². The number of aryl methyl sites for hydroxylation is 1. The second kappa shape index (κ2) is 8.57. The number of thiocarbonyl (C=S) groups is 1. The van der Waals surface area contributed by atoms with Gasteiger partial charge in [-0.25, -0.2) is 0 Å². The topological polar surface area (TPSA) is 70.8 Å². The van der Waals surface area contributed by atoms with Gasteiger partial charge in [0.1, 0.15) is 15.8 Å². The Kier molecular flexibility index (Phi) is 6.04. The fourth-order valence-electron chi connectivity index (χ4n) is 4.03. The van der Waals surface area contributed by atoms with Gasteiger partial charge in [-0.15, -0.1) is 0 Å². The van der Waals surface area contributed by atoms with Crippen LogP contribution in [0.2, 0.25) is 5.02 Å². The summed E-state index contributed by atoms with van der Waals surface area (Å²) in [6, 6.07) is 9.10. The Labute approximate surface area is 189 Å². The summed E-state index contributed by atoms with van der Waals surface area (Å²) in [7, 11) is 0. The number of nitrogens with zero attached hydrogens (tertiary/aromatic N) is 1. The molecule has 2 heterocycles. The van der Waals surface area contributed by atoms with Crippen molar-refractivity contribution in [3.63, 3.8) is 0 Å². The van der Waals surface area contributed by atoms with Crippen molar-refractivity contribution in [2.75, 3.05) is 0 Å². The minimum absolute atomic E-state index is 0.165. The summed E-state index contributed by atoms with van der Waals surface area (Å²) in [5.74, 6) is -0.148. The normalized spacial score (nSPS) is 23.4. The van der Waals surface area contributed by atoms with Crippen LogP contribution in [0, 0.1) is 12.8 Å². The first-order valence-corrected chi connectivity index (χ1v) is 11.3. The molecular formula is C22H20ClNO4S2. The molecule has 1 N–H and O–H groups in total. The third-order valence-electron chi connectivity index (χ3n) is 5.54. The van der Waals surface area contributed by atoms with Gasteiger partial charge < -0.3 is 9.52 Å². The van der Waals surface area contributed by atoms with Gasteiger partial charge in [-0.2, -0.15) is 0 Å². The quantitative estimate of drug-likeness (QED) is 0.461. The number of halogens is 1. The van der Waals surface area contributed by atoms with Crippen molar-refractivity contribution in [2.45, 2.75) is 38.6 Å². The lowest BCUT2D eigenvalue weighted by Crippen LogP contribution is -2.42. The number of furan rings is 1. The summed E-state index contributed by atoms with van der Waals surface area (Å²) in [5.41, 5.74) is 1.94. The fraction of sp³-hybridized carbons (Fsp3) is 0.318. The van der Waals surface area contributed by atoms with Gasteiger partial charge in [-0.1, -0.05) is 42.0 Å². The Morgan fingerprint density at radius 1 is 1.33 bits per heavy atom. The highest BCUT2D eigenvalue weighted by atomic mass is 35.5. The predicted octanol–water partition coefficient (Wildman–Crippen LogP) is 5.75. The van der Waals surface area contributed by atoms with Crippen molar-refractivity contribution < 1.29 is 19.1 Å². The molecule has 0 radical (unpaired) electrons. The minimum atomic E-state index is -0.804. The number of carboxylic acid groups (broad SMARTS) is 1. The summed E-state index contributed by atoms with van der Waals surface area (Å²) < 4.78 is 6.42. The van der Waals surface area contributed by atoms with Gasteiger partial charge in [0.25, 0.3) is 5.91 Å². The molecule has 1 saturated heterocycles. The van der Waals surface area contributed by atoms with E-state index in [1.165, 1.54) is 11.8 Å². The summed E-state index contributed by atoms with van der Waals surface area (Å²) >= 11 is 12.7. The van der Waals surface area contributed by atoms with Crippen LogP contribution in [0.5, 0.6) is 0 Å². The largest absolute Gasteiger partial charge is 0.481 e. The summed E-state index contributed by atoms with van der Waals surface area (Å²) in [6.45, 7) is 1.96. The lowest BCUT2D eigenvalue weighted by molar-refractivity contribution is -0.144. The first kappa shape index (κ1) is 21.2. The summed E-state index contributed by atoms with van der Waals surface area (Å²) in [6.07, 6.45) is 4.33. The number of thioether (sulfide) groups is 1. The first-order valence-electron chi connectivity index (χ1n) is 9.69. The predicted molar refractivity (Wildman–Crippen MR) is 122 cm³/mol. The number of aliphatic carboxylic acids is 1. The van der Waals surface area contributed by atoms with E-state index in [-0.39, 0.29) is 11.9 Å². The number of carbonyl (C=O) groups excluding carboxylic acids is 1. The maximum atomic E-state index is 13.0. The number of carbonyl (C=O) groups is 2. The maximum absolute atomic E-state index is 13.0. The Bertz CT molecular complexity index is 1060. The smallest absolute Gasteiger partial charge is 0.306 e. The van der Waals surface area contributed by atoms with Crippen molar-refractivity contribution in [3.05, 3.63) is 51.6 Å². The van der Waals surface area contributed by atoms with Crippen LogP contribution >= 0.6 is 35.6 Å². The van der Waals surface area contributed by atoms with E-state index in [1.54, 1.807) is 11.0 Å². The monoisotopic (exact) mass is 461 g/mol. The molecule has 1 amide bonds. The van der Waals surface area contributed by atoms with E-state index in [2.05, 4.69) is 0 Å². The number of hydrogen-bond donors (Lipinski definition) is 1. The molecule has 1 saturated carbocycles. The lowest BCUT2D eigenvalue weighted by atomic mass is 9.85. The Balaban J connectivity index is 1.54. The van der Waals surface area contributed by atoms with Crippen LogP contribution in [-0.4, -0.2) is 32.2 Å². The molecule has 2 atom stereocenters. The number of carboxylic acids is 1. The molecule has 5 nitrogen and oxygen atoms in total. The van der Waals surface area contributed by atoms with Crippen LogP contribution in [0.15, 0.2) is 39.7 Å². The standard InChI is InChI=1S/C22H20ClNO4S2/c1-12-9-14(23)5-7-17(12)18-8-6-16(28-18)11-19-20(25)24(22(29)30-19)15-4-2-3-13(10-15)21(26)27/h5-9,11,13,15H,2-4,10H2,1H3,(H,26,27). The van der Waals surface area contributed by atoms with Gasteiger partial charge in [0.05, 0.1) is 10.8 Å². The number of benzene rings is 1. The molecular weight excluding hydrogens is 442 g/mol. The molecule has 2 fully saturated rings. The highest BCUT2D eigenvalue weighted by molar-refractivity contribution is 8.26.